The van der Waals surface area contributed by atoms with Crippen LogP contribution in [0.1, 0.15) is 12.8 Å². The second kappa shape index (κ2) is 4.49. The van der Waals surface area contributed by atoms with Crippen molar-refractivity contribution in [1.82, 2.24) is 0 Å². The number of aliphatic hydroxyl groups is 1. The van der Waals surface area contributed by atoms with Crippen molar-refractivity contribution in [2.45, 2.75) is 25.2 Å². The molecule has 1 N–H and O–H groups in total. The van der Waals surface area contributed by atoms with Crippen molar-refractivity contribution < 1.29 is 14.6 Å². The average Bonchev–Trinajstić information content (AvgIpc) is 2.03. The molecule has 0 bridgehead atoms. The van der Waals surface area contributed by atoms with Crippen molar-refractivity contribution in [2.75, 3.05) is 13.2 Å². The van der Waals surface area contributed by atoms with Crippen LogP contribution >= 0.6 is 0 Å². The van der Waals surface area contributed by atoms with E-state index < -0.39 is 12.4 Å². The fourth-order valence-electron chi connectivity index (χ4n) is 1.06. The van der Waals surface area contributed by atoms with Gasteiger partial charge in [0.05, 0.1) is 6.61 Å². The van der Waals surface area contributed by atoms with Gasteiger partial charge in [0.1, 0.15) is 6.10 Å². The van der Waals surface area contributed by atoms with Gasteiger partial charge in [-0.1, -0.05) is 6.08 Å². The standard InChI is InChI=1S/C8H14O3/c1-2-5-10-8-7(9)4-3-6-11-8/h2,7-9H,1,3-6H2. The van der Waals surface area contributed by atoms with Crippen LogP contribution in [0.25, 0.3) is 0 Å². The molecule has 3 heteroatoms. The summed E-state index contributed by atoms with van der Waals surface area (Å²) < 4.78 is 10.3. The van der Waals surface area contributed by atoms with Crippen molar-refractivity contribution in [2.24, 2.45) is 0 Å². The van der Waals surface area contributed by atoms with Gasteiger partial charge in [0.25, 0.3) is 0 Å². The van der Waals surface area contributed by atoms with Crippen molar-refractivity contribution in [3.63, 3.8) is 0 Å². The minimum absolute atomic E-state index is 0.432. The maximum atomic E-state index is 9.31. The lowest BCUT2D eigenvalue weighted by Crippen LogP contribution is -2.36. The summed E-state index contributed by atoms with van der Waals surface area (Å²) in [6, 6.07) is 0. The van der Waals surface area contributed by atoms with Crippen LogP contribution in [-0.4, -0.2) is 30.7 Å². The van der Waals surface area contributed by atoms with E-state index in [2.05, 4.69) is 6.58 Å². The van der Waals surface area contributed by atoms with Crippen LogP contribution in [0.4, 0.5) is 0 Å². The lowest BCUT2D eigenvalue weighted by molar-refractivity contribution is -0.209. The van der Waals surface area contributed by atoms with Crippen molar-refractivity contribution in [3.8, 4) is 0 Å². The lowest BCUT2D eigenvalue weighted by Gasteiger charge is -2.27. The highest BCUT2D eigenvalue weighted by Gasteiger charge is 2.23. The van der Waals surface area contributed by atoms with Crippen molar-refractivity contribution >= 4 is 0 Å². The van der Waals surface area contributed by atoms with Gasteiger partial charge in [-0.2, -0.15) is 0 Å². The Balaban J connectivity index is 2.23. The Bertz CT molecular complexity index is 125. The molecule has 2 unspecified atom stereocenters. The maximum Gasteiger partial charge on any atom is 0.183 e. The molecule has 0 aliphatic carbocycles. The minimum atomic E-state index is -0.469. The molecular formula is C8H14O3. The van der Waals surface area contributed by atoms with Gasteiger partial charge in [0.15, 0.2) is 6.29 Å². The zero-order valence-corrected chi connectivity index (χ0v) is 6.53. The normalized spacial score (nSPS) is 31.7. The van der Waals surface area contributed by atoms with E-state index in [1.54, 1.807) is 6.08 Å². The summed E-state index contributed by atoms with van der Waals surface area (Å²) in [5.74, 6) is 0. The molecule has 1 saturated heterocycles. The Morgan fingerprint density at radius 3 is 3.18 bits per heavy atom. The van der Waals surface area contributed by atoms with Crippen LogP contribution < -0.4 is 0 Å². The van der Waals surface area contributed by atoms with Crippen LogP contribution in [0.5, 0.6) is 0 Å². The summed E-state index contributed by atoms with van der Waals surface area (Å²) in [6.45, 7) is 4.62. The SMILES string of the molecule is C=CCOC1OCCCC1O. The predicted molar refractivity (Wildman–Crippen MR) is 41.1 cm³/mol. The van der Waals surface area contributed by atoms with E-state index in [0.717, 1.165) is 12.8 Å². The highest BCUT2D eigenvalue weighted by molar-refractivity contribution is 4.69. The molecule has 2 atom stereocenters. The highest BCUT2D eigenvalue weighted by atomic mass is 16.7. The molecule has 11 heavy (non-hydrogen) atoms. The first-order valence-corrected chi connectivity index (χ1v) is 3.87. The van der Waals surface area contributed by atoms with Gasteiger partial charge in [0, 0.05) is 6.61 Å². The van der Waals surface area contributed by atoms with Gasteiger partial charge >= 0.3 is 0 Å². The van der Waals surface area contributed by atoms with Crippen LogP contribution in [0.15, 0.2) is 12.7 Å². The van der Waals surface area contributed by atoms with Crippen LogP contribution in [-0.2, 0) is 9.47 Å². The molecule has 0 saturated carbocycles. The zero-order valence-electron chi connectivity index (χ0n) is 6.53. The van der Waals surface area contributed by atoms with Gasteiger partial charge < -0.3 is 14.6 Å². The molecule has 0 aromatic heterocycles. The average molecular weight is 158 g/mol. The van der Waals surface area contributed by atoms with Gasteiger partial charge in [0.2, 0.25) is 0 Å². The van der Waals surface area contributed by atoms with Gasteiger partial charge in [-0.15, -0.1) is 6.58 Å². The molecule has 1 heterocycles. The number of hydrogen-bond donors (Lipinski definition) is 1. The molecule has 0 radical (unpaired) electrons. The van der Waals surface area contributed by atoms with Gasteiger partial charge in [-0.25, -0.2) is 0 Å². The summed E-state index contributed by atoms with van der Waals surface area (Å²) >= 11 is 0. The highest BCUT2D eigenvalue weighted by Crippen LogP contribution is 2.14. The molecule has 64 valence electrons. The van der Waals surface area contributed by atoms with E-state index in [1.165, 1.54) is 0 Å². The Kier molecular flexibility index (Phi) is 3.56. The van der Waals surface area contributed by atoms with E-state index in [0.29, 0.717) is 13.2 Å². The largest absolute Gasteiger partial charge is 0.388 e. The molecule has 0 aromatic carbocycles. The first kappa shape index (κ1) is 8.71. The smallest absolute Gasteiger partial charge is 0.183 e. The number of rotatable bonds is 3. The molecule has 0 amide bonds. The summed E-state index contributed by atoms with van der Waals surface area (Å²) in [5, 5.41) is 9.31. The van der Waals surface area contributed by atoms with Gasteiger partial charge in [-0.3, -0.25) is 0 Å². The van der Waals surface area contributed by atoms with E-state index in [-0.39, 0.29) is 0 Å². The molecule has 1 aliphatic heterocycles. The van der Waals surface area contributed by atoms with E-state index in [1.807, 2.05) is 0 Å². The summed E-state index contributed by atoms with van der Waals surface area (Å²) in [4.78, 5) is 0. The Labute approximate surface area is 66.6 Å². The predicted octanol–water partition coefficient (Wildman–Crippen LogP) is 0.686. The molecular weight excluding hydrogens is 144 g/mol. The molecule has 1 aliphatic rings. The third kappa shape index (κ3) is 2.61. The fourth-order valence-corrected chi connectivity index (χ4v) is 1.06. The summed E-state index contributed by atoms with van der Waals surface area (Å²) in [5.41, 5.74) is 0. The Morgan fingerprint density at radius 1 is 1.73 bits per heavy atom. The first-order chi connectivity index (χ1) is 5.34. The van der Waals surface area contributed by atoms with Crippen LogP contribution in [0.2, 0.25) is 0 Å². The topological polar surface area (TPSA) is 38.7 Å². The Morgan fingerprint density at radius 2 is 2.55 bits per heavy atom. The summed E-state index contributed by atoms with van der Waals surface area (Å²) in [6.07, 6.45) is 2.41. The van der Waals surface area contributed by atoms with Crippen molar-refractivity contribution in [1.29, 1.82) is 0 Å². The minimum Gasteiger partial charge on any atom is -0.388 e. The number of aliphatic hydroxyl groups excluding tert-OH is 1. The van der Waals surface area contributed by atoms with Crippen LogP contribution in [0, 0.1) is 0 Å². The monoisotopic (exact) mass is 158 g/mol. The second-order valence-corrected chi connectivity index (χ2v) is 2.57. The lowest BCUT2D eigenvalue weighted by atomic mass is 10.1. The third-order valence-corrected chi connectivity index (χ3v) is 1.62. The molecule has 0 spiro atoms. The number of hydrogen-bond acceptors (Lipinski definition) is 3. The van der Waals surface area contributed by atoms with E-state index in [9.17, 15) is 5.11 Å². The first-order valence-electron chi connectivity index (χ1n) is 3.87. The van der Waals surface area contributed by atoms with E-state index >= 15 is 0 Å². The third-order valence-electron chi connectivity index (χ3n) is 1.62. The van der Waals surface area contributed by atoms with Gasteiger partial charge in [-0.05, 0) is 12.8 Å². The fraction of sp³-hybridized carbons (Fsp3) is 0.750. The second-order valence-electron chi connectivity index (χ2n) is 2.57. The zero-order chi connectivity index (χ0) is 8.10. The maximum absolute atomic E-state index is 9.31. The molecule has 3 nitrogen and oxygen atoms in total. The van der Waals surface area contributed by atoms with E-state index in [4.69, 9.17) is 9.47 Å². The quantitative estimate of drug-likeness (QED) is 0.614. The van der Waals surface area contributed by atoms with Crippen molar-refractivity contribution in [3.05, 3.63) is 12.7 Å². The molecule has 1 fully saturated rings. The Hall–Kier alpha value is -0.380. The number of ether oxygens (including phenoxy) is 2. The molecule has 1 rings (SSSR count). The summed E-state index contributed by atoms with van der Waals surface area (Å²) in [7, 11) is 0. The molecule has 0 aromatic rings. The van der Waals surface area contributed by atoms with Crippen LogP contribution in [0.3, 0.4) is 0 Å².